The van der Waals surface area contributed by atoms with Crippen LogP contribution in [0.5, 0.6) is 0 Å². The van der Waals surface area contributed by atoms with Crippen molar-refractivity contribution in [2.75, 3.05) is 0 Å². The van der Waals surface area contributed by atoms with E-state index in [4.69, 9.17) is 5.73 Å². The van der Waals surface area contributed by atoms with Gasteiger partial charge in [-0.05, 0) is 24.7 Å². The zero-order chi connectivity index (χ0) is 12.7. The van der Waals surface area contributed by atoms with Gasteiger partial charge in [-0.25, -0.2) is 5.43 Å². The second-order valence-corrected chi connectivity index (χ2v) is 4.68. The predicted octanol–water partition coefficient (Wildman–Crippen LogP) is 1.04. The van der Waals surface area contributed by atoms with Crippen LogP contribution in [-0.4, -0.2) is 17.5 Å². The molecule has 0 aromatic heterocycles. The Morgan fingerprint density at radius 1 is 1.12 bits per heavy atom. The number of amides is 2. The minimum Gasteiger partial charge on any atom is -0.361 e. The molecule has 5 nitrogen and oxygen atoms in total. The molecule has 0 aromatic carbocycles. The van der Waals surface area contributed by atoms with Crippen LogP contribution in [0.25, 0.3) is 0 Å². The number of hydrazone groups is 1. The zero-order valence-corrected chi connectivity index (χ0v) is 10.4. The molecule has 2 amide bonds. The summed E-state index contributed by atoms with van der Waals surface area (Å²) >= 11 is 0. The second kappa shape index (κ2) is 6.98. The van der Waals surface area contributed by atoms with E-state index in [0.717, 1.165) is 18.6 Å². The van der Waals surface area contributed by atoms with Crippen molar-refractivity contribution in [3.8, 4) is 0 Å². The summed E-state index contributed by atoms with van der Waals surface area (Å²) in [6.45, 7) is 8.30. The van der Waals surface area contributed by atoms with Crippen LogP contribution >= 0.6 is 0 Å². The third kappa shape index (κ3) is 6.98. The molecule has 0 radical (unpaired) electrons. The summed E-state index contributed by atoms with van der Waals surface area (Å²) in [5, 5.41) is 3.94. The van der Waals surface area contributed by atoms with E-state index >= 15 is 0 Å². The van der Waals surface area contributed by atoms with Crippen LogP contribution < -0.4 is 11.2 Å². The molecule has 0 heterocycles. The van der Waals surface area contributed by atoms with Gasteiger partial charge in [-0.1, -0.05) is 27.7 Å². The van der Waals surface area contributed by atoms with E-state index in [-0.39, 0.29) is 0 Å². The number of nitrogens with zero attached hydrogens (tertiary/aromatic N) is 1. The highest BCUT2D eigenvalue weighted by molar-refractivity contribution is 6.34. The van der Waals surface area contributed by atoms with Crippen molar-refractivity contribution < 1.29 is 9.59 Å². The smallest absolute Gasteiger partial charge is 0.329 e. The van der Waals surface area contributed by atoms with Gasteiger partial charge in [0.1, 0.15) is 0 Å². The Kier molecular flexibility index (Phi) is 6.37. The van der Waals surface area contributed by atoms with Gasteiger partial charge in [0.05, 0.1) is 0 Å². The van der Waals surface area contributed by atoms with E-state index in [1.165, 1.54) is 0 Å². The van der Waals surface area contributed by atoms with Crippen molar-refractivity contribution in [3.63, 3.8) is 0 Å². The van der Waals surface area contributed by atoms with Crippen molar-refractivity contribution in [1.29, 1.82) is 0 Å². The summed E-state index contributed by atoms with van der Waals surface area (Å²) in [6.07, 6.45) is 1.61. The van der Waals surface area contributed by atoms with Crippen LogP contribution in [0.1, 0.15) is 40.5 Å². The highest BCUT2D eigenvalue weighted by atomic mass is 16.2. The molecule has 0 fully saturated rings. The summed E-state index contributed by atoms with van der Waals surface area (Å²) in [6, 6.07) is 0. The van der Waals surface area contributed by atoms with E-state index in [1.54, 1.807) is 0 Å². The van der Waals surface area contributed by atoms with Crippen LogP contribution in [0.3, 0.4) is 0 Å². The fraction of sp³-hybridized carbons (Fsp3) is 0.727. The number of carbonyl (C=O) groups is 2. The van der Waals surface area contributed by atoms with Crippen molar-refractivity contribution in [2.45, 2.75) is 40.5 Å². The molecule has 0 aliphatic carbocycles. The van der Waals surface area contributed by atoms with Gasteiger partial charge < -0.3 is 5.73 Å². The van der Waals surface area contributed by atoms with E-state index in [0.29, 0.717) is 11.8 Å². The SMILES string of the molecule is CC(C)CC(CC(C)C)=NNC(=O)C(N)=O. The van der Waals surface area contributed by atoms with Crippen molar-refractivity contribution in [3.05, 3.63) is 0 Å². The molecular weight excluding hydrogens is 206 g/mol. The maximum atomic E-state index is 10.9. The minimum atomic E-state index is -1.02. The number of hydrogen-bond acceptors (Lipinski definition) is 3. The Bertz CT molecular complexity index is 271. The Morgan fingerprint density at radius 3 is 1.88 bits per heavy atom. The molecule has 3 N–H and O–H groups in total. The lowest BCUT2D eigenvalue weighted by Gasteiger charge is -2.11. The maximum Gasteiger partial charge on any atom is 0.329 e. The molecule has 0 saturated carbocycles. The van der Waals surface area contributed by atoms with Gasteiger partial charge in [-0.3, -0.25) is 9.59 Å². The van der Waals surface area contributed by atoms with Gasteiger partial charge in [-0.2, -0.15) is 5.10 Å². The van der Waals surface area contributed by atoms with Crippen molar-refractivity contribution in [2.24, 2.45) is 22.7 Å². The second-order valence-electron chi connectivity index (χ2n) is 4.68. The fourth-order valence-corrected chi connectivity index (χ4v) is 1.30. The molecule has 0 aliphatic rings. The molecule has 0 atom stereocenters. The van der Waals surface area contributed by atoms with Crippen molar-refractivity contribution in [1.82, 2.24) is 5.43 Å². The van der Waals surface area contributed by atoms with Crippen molar-refractivity contribution >= 4 is 17.5 Å². The summed E-state index contributed by atoms with van der Waals surface area (Å²) in [5.41, 5.74) is 7.86. The number of carbonyl (C=O) groups excluding carboxylic acids is 2. The molecule has 0 bridgehead atoms. The Hall–Kier alpha value is -1.39. The molecule has 0 unspecified atom stereocenters. The quantitative estimate of drug-likeness (QED) is 0.418. The van der Waals surface area contributed by atoms with Gasteiger partial charge in [0.25, 0.3) is 0 Å². The first-order valence-corrected chi connectivity index (χ1v) is 5.48. The molecule has 0 saturated heterocycles. The number of nitrogens with two attached hydrogens (primary N) is 1. The van der Waals surface area contributed by atoms with E-state index in [9.17, 15) is 9.59 Å². The number of hydrogen-bond donors (Lipinski definition) is 2. The van der Waals surface area contributed by atoms with Gasteiger partial charge in [0.2, 0.25) is 0 Å². The van der Waals surface area contributed by atoms with Crippen LogP contribution in [0.4, 0.5) is 0 Å². The molecule has 0 spiro atoms. The molecule has 0 aliphatic heterocycles. The topological polar surface area (TPSA) is 84.6 Å². The highest BCUT2D eigenvalue weighted by Crippen LogP contribution is 2.09. The average Bonchev–Trinajstić information content (AvgIpc) is 2.11. The van der Waals surface area contributed by atoms with Crippen LogP contribution in [-0.2, 0) is 9.59 Å². The first kappa shape index (κ1) is 14.6. The summed E-state index contributed by atoms with van der Waals surface area (Å²) in [7, 11) is 0. The van der Waals surface area contributed by atoms with E-state index in [1.807, 2.05) is 0 Å². The highest BCUT2D eigenvalue weighted by Gasteiger charge is 2.10. The predicted molar refractivity (Wildman–Crippen MR) is 63.7 cm³/mol. The lowest BCUT2D eigenvalue weighted by molar-refractivity contribution is -0.137. The minimum absolute atomic E-state index is 0.461. The van der Waals surface area contributed by atoms with Crippen LogP contribution in [0.2, 0.25) is 0 Å². The van der Waals surface area contributed by atoms with Gasteiger partial charge in [-0.15, -0.1) is 0 Å². The number of rotatable bonds is 5. The van der Waals surface area contributed by atoms with Crippen LogP contribution in [0.15, 0.2) is 5.10 Å². The van der Waals surface area contributed by atoms with Crippen LogP contribution in [0, 0.1) is 11.8 Å². The van der Waals surface area contributed by atoms with Gasteiger partial charge in [0.15, 0.2) is 0 Å². The monoisotopic (exact) mass is 227 g/mol. The maximum absolute atomic E-state index is 10.9. The average molecular weight is 227 g/mol. The summed E-state index contributed by atoms with van der Waals surface area (Å²) in [4.78, 5) is 21.4. The normalized spacial score (nSPS) is 10.4. The largest absolute Gasteiger partial charge is 0.361 e. The summed E-state index contributed by atoms with van der Waals surface area (Å²) in [5.74, 6) is -0.965. The van der Waals surface area contributed by atoms with E-state index < -0.39 is 11.8 Å². The first-order chi connectivity index (χ1) is 7.32. The lowest BCUT2D eigenvalue weighted by Crippen LogP contribution is -2.33. The third-order valence-electron chi connectivity index (χ3n) is 1.83. The van der Waals surface area contributed by atoms with E-state index in [2.05, 4.69) is 38.2 Å². The fourth-order valence-electron chi connectivity index (χ4n) is 1.30. The molecule has 92 valence electrons. The molecule has 0 aromatic rings. The molecule has 5 heteroatoms. The van der Waals surface area contributed by atoms with Gasteiger partial charge in [0, 0.05) is 5.71 Å². The standard InChI is InChI=1S/C11H21N3O2/c1-7(2)5-9(6-8(3)4)13-14-11(16)10(12)15/h7-8H,5-6H2,1-4H3,(H2,12,15)(H,14,16). The zero-order valence-electron chi connectivity index (χ0n) is 10.4. The molecule has 0 rings (SSSR count). The Labute approximate surface area is 96.5 Å². The number of nitrogens with one attached hydrogen (secondary N) is 1. The summed E-state index contributed by atoms with van der Waals surface area (Å²) < 4.78 is 0. The Balaban J connectivity index is 4.43. The Morgan fingerprint density at radius 2 is 1.56 bits per heavy atom. The van der Waals surface area contributed by atoms with Gasteiger partial charge >= 0.3 is 11.8 Å². The molecular formula is C11H21N3O2. The lowest BCUT2D eigenvalue weighted by atomic mass is 9.99. The molecule has 16 heavy (non-hydrogen) atoms. The third-order valence-corrected chi connectivity index (χ3v) is 1.83. The first-order valence-electron chi connectivity index (χ1n) is 5.48. The number of primary amides is 1.